The van der Waals surface area contributed by atoms with Crippen LogP contribution in [0.5, 0.6) is 5.75 Å². The number of benzene rings is 1. The van der Waals surface area contributed by atoms with Gasteiger partial charge < -0.3 is 10.1 Å². The highest BCUT2D eigenvalue weighted by atomic mass is 32.2. The summed E-state index contributed by atoms with van der Waals surface area (Å²) in [7, 11) is 1.29. The van der Waals surface area contributed by atoms with Crippen molar-refractivity contribution in [2.75, 3.05) is 34.3 Å². The Balaban J connectivity index is 1.81. The number of hydrogen-bond donors (Lipinski definition) is 1. The van der Waals surface area contributed by atoms with Crippen LogP contribution < -0.4 is 10.1 Å². The summed E-state index contributed by atoms with van der Waals surface area (Å²) in [5.74, 6) is 0.711. The van der Waals surface area contributed by atoms with E-state index >= 15 is 0 Å². The first-order valence-electron chi connectivity index (χ1n) is 7.93. The molecule has 1 aliphatic rings. The molecule has 1 heterocycles. The Morgan fingerprint density at radius 2 is 1.83 bits per heavy atom. The van der Waals surface area contributed by atoms with Crippen LogP contribution in [-0.4, -0.2) is 63.3 Å². The maximum absolute atomic E-state index is 12.1. The Morgan fingerprint density at radius 3 is 2.33 bits per heavy atom. The summed E-state index contributed by atoms with van der Waals surface area (Å²) in [5, 5.41) is 2.99. The quantitative estimate of drug-likeness (QED) is 0.812. The second-order valence-electron chi connectivity index (χ2n) is 6.06. The smallest absolute Gasteiger partial charge is 0.281 e. The van der Waals surface area contributed by atoms with Gasteiger partial charge in [0.25, 0.3) is 10.2 Å². The number of piperidine rings is 1. The standard InChI is InChI=1S/C16H25N3O4S/c1-18(2)24(21,22)19-10-8-14(9-11-19)17-16(20)12-13-4-6-15(23-3)7-5-13/h4-7,14H,8-12H2,1-3H3,(H,17,20). The molecule has 2 rings (SSSR count). The lowest BCUT2D eigenvalue weighted by Gasteiger charge is -2.33. The lowest BCUT2D eigenvalue weighted by atomic mass is 10.1. The SMILES string of the molecule is COc1ccc(CC(=O)NC2CCN(S(=O)(=O)N(C)C)CC2)cc1. The molecule has 0 radical (unpaired) electrons. The minimum atomic E-state index is -3.36. The number of ether oxygens (including phenoxy) is 1. The fraction of sp³-hybridized carbons (Fsp3) is 0.562. The molecule has 1 amide bonds. The monoisotopic (exact) mass is 355 g/mol. The van der Waals surface area contributed by atoms with E-state index in [9.17, 15) is 13.2 Å². The average molecular weight is 355 g/mol. The van der Waals surface area contributed by atoms with E-state index in [-0.39, 0.29) is 11.9 Å². The Labute approximate surface area is 143 Å². The Hall–Kier alpha value is -1.64. The maximum atomic E-state index is 12.1. The second-order valence-corrected chi connectivity index (χ2v) is 8.20. The van der Waals surface area contributed by atoms with Gasteiger partial charge in [0.2, 0.25) is 5.91 Å². The molecule has 0 saturated carbocycles. The summed E-state index contributed by atoms with van der Waals surface area (Å²) in [6.45, 7) is 0.849. The molecule has 0 unspecified atom stereocenters. The fourth-order valence-corrected chi connectivity index (χ4v) is 3.80. The Kier molecular flexibility index (Phi) is 6.20. The van der Waals surface area contributed by atoms with Gasteiger partial charge in [-0.1, -0.05) is 12.1 Å². The van der Waals surface area contributed by atoms with E-state index in [1.54, 1.807) is 7.11 Å². The van der Waals surface area contributed by atoms with Crippen LogP contribution in [0.2, 0.25) is 0 Å². The van der Waals surface area contributed by atoms with Crippen molar-refractivity contribution >= 4 is 16.1 Å². The van der Waals surface area contributed by atoms with Crippen LogP contribution >= 0.6 is 0 Å². The molecular weight excluding hydrogens is 330 g/mol. The molecule has 0 aliphatic carbocycles. The number of carbonyl (C=O) groups is 1. The molecule has 0 aromatic heterocycles. The first kappa shape index (κ1) is 18.7. The Morgan fingerprint density at radius 1 is 1.25 bits per heavy atom. The molecule has 1 fully saturated rings. The lowest BCUT2D eigenvalue weighted by Crippen LogP contribution is -2.49. The molecule has 24 heavy (non-hydrogen) atoms. The number of amides is 1. The zero-order chi connectivity index (χ0) is 17.7. The molecule has 1 aromatic rings. The van der Waals surface area contributed by atoms with Crippen molar-refractivity contribution in [2.45, 2.75) is 25.3 Å². The average Bonchev–Trinajstić information content (AvgIpc) is 2.56. The Bertz CT molecular complexity index is 650. The van der Waals surface area contributed by atoms with Crippen LogP contribution in [0.25, 0.3) is 0 Å². The number of nitrogens with zero attached hydrogens (tertiary/aromatic N) is 2. The van der Waals surface area contributed by atoms with Crippen LogP contribution in [0, 0.1) is 0 Å². The van der Waals surface area contributed by atoms with Crippen molar-refractivity contribution in [1.29, 1.82) is 0 Å². The van der Waals surface area contributed by atoms with Crippen molar-refractivity contribution in [3.05, 3.63) is 29.8 Å². The van der Waals surface area contributed by atoms with E-state index < -0.39 is 10.2 Å². The van der Waals surface area contributed by atoms with Gasteiger partial charge in [0, 0.05) is 33.2 Å². The third-order valence-corrected chi connectivity index (χ3v) is 6.07. The van der Waals surface area contributed by atoms with Crippen LogP contribution in [0.15, 0.2) is 24.3 Å². The van der Waals surface area contributed by atoms with E-state index in [1.807, 2.05) is 24.3 Å². The van der Waals surface area contributed by atoms with Gasteiger partial charge in [0.15, 0.2) is 0 Å². The van der Waals surface area contributed by atoms with Gasteiger partial charge in [-0.3, -0.25) is 4.79 Å². The molecule has 8 heteroatoms. The van der Waals surface area contributed by atoms with Crippen molar-refractivity contribution in [2.24, 2.45) is 0 Å². The maximum Gasteiger partial charge on any atom is 0.281 e. The third-order valence-electron chi connectivity index (χ3n) is 4.13. The van der Waals surface area contributed by atoms with Crippen LogP contribution in [0.1, 0.15) is 18.4 Å². The molecule has 1 aromatic carbocycles. The summed E-state index contributed by atoms with van der Waals surface area (Å²) in [4.78, 5) is 12.1. The van der Waals surface area contributed by atoms with Crippen molar-refractivity contribution < 1.29 is 17.9 Å². The third kappa shape index (κ3) is 4.68. The molecule has 1 N–H and O–H groups in total. The van der Waals surface area contributed by atoms with Crippen molar-refractivity contribution in [3.8, 4) is 5.75 Å². The number of hydrogen-bond acceptors (Lipinski definition) is 4. The van der Waals surface area contributed by atoms with E-state index in [4.69, 9.17) is 4.74 Å². The molecule has 134 valence electrons. The lowest BCUT2D eigenvalue weighted by molar-refractivity contribution is -0.121. The molecule has 1 aliphatic heterocycles. The normalized spacial score (nSPS) is 17.0. The zero-order valence-corrected chi connectivity index (χ0v) is 15.2. The van der Waals surface area contributed by atoms with Crippen molar-refractivity contribution in [1.82, 2.24) is 13.9 Å². The first-order valence-corrected chi connectivity index (χ1v) is 9.32. The topological polar surface area (TPSA) is 79.0 Å². The minimum Gasteiger partial charge on any atom is -0.497 e. The van der Waals surface area contributed by atoms with Gasteiger partial charge in [-0.25, -0.2) is 0 Å². The zero-order valence-electron chi connectivity index (χ0n) is 14.4. The molecule has 0 atom stereocenters. The van der Waals surface area contributed by atoms with E-state index in [2.05, 4.69) is 5.32 Å². The molecule has 7 nitrogen and oxygen atoms in total. The molecular formula is C16H25N3O4S. The fourth-order valence-electron chi connectivity index (χ4n) is 2.67. The van der Waals surface area contributed by atoms with Gasteiger partial charge in [0.05, 0.1) is 13.5 Å². The van der Waals surface area contributed by atoms with Crippen molar-refractivity contribution in [3.63, 3.8) is 0 Å². The van der Waals surface area contributed by atoms with Crippen LogP contribution in [-0.2, 0) is 21.4 Å². The summed E-state index contributed by atoms with van der Waals surface area (Å²) < 4.78 is 31.9. The van der Waals surface area contributed by atoms with E-state index in [0.29, 0.717) is 32.4 Å². The highest BCUT2D eigenvalue weighted by Crippen LogP contribution is 2.16. The van der Waals surface area contributed by atoms with E-state index in [0.717, 1.165) is 11.3 Å². The number of carbonyl (C=O) groups excluding carboxylic acids is 1. The molecule has 0 bridgehead atoms. The predicted molar refractivity (Wildman–Crippen MR) is 92.0 cm³/mol. The number of nitrogens with one attached hydrogen (secondary N) is 1. The summed E-state index contributed by atoms with van der Waals surface area (Å²) in [5.41, 5.74) is 0.918. The molecule has 1 saturated heterocycles. The van der Waals surface area contributed by atoms with Gasteiger partial charge >= 0.3 is 0 Å². The highest BCUT2D eigenvalue weighted by Gasteiger charge is 2.29. The number of methoxy groups -OCH3 is 1. The van der Waals surface area contributed by atoms with Gasteiger partial charge in [-0.05, 0) is 30.5 Å². The molecule has 0 spiro atoms. The summed E-state index contributed by atoms with van der Waals surface area (Å²) >= 11 is 0. The second kappa shape index (κ2) is 7.96. The van der Waals surface area contributed by atoms with Gasteiger partial charge in [0.1, 0.15) is 5.75 Å². The van der Waals surface area contributed by atoms with Gasteiger partial charge in [-0.2, -0.15) is 17.0 Å². The summed E-state index contributed by atoms with van der Waals surface area (Å²) in [6.07, 6.45) is 1.56. The van der Waals surface area contributed by atoms with Gasteiger partial charge in [-0.15, -0.1) is 0 Å². The highest BCUT2D eigenvalue weighted by molar-refractivity contribution is 7.86. The largest absolute Gasteiger partial charge is 0.497 e. The number of rotatable bonds is 6. The van der Waals surface area contributed by atoms with E-state index in [1.165, 1.54) is 22.7 Å². The van der Waals surface area contributed by atoms with Crippen LogP contribution in [0.4, 0.5) is 0 Å². The predicted octanol–water partition coefficient (Wildman–Crippen LogP) is 0.625. The summed E-state index contributed by atoms with van der Waals surface area (Å²) in [6, 6.07) is 7.40. The first-order chi connectivity index (χ1) is 11.3. The minimum absolute atomic E-state index is 0.0179. The van der Waals surface area contributed by atoms with Crippen LogP contribution in [0.3, 0.4) is 0 Å².